The molecule has 0 aliphatic carbocycles. The van der Waals surface area contributed by atoms with E-state index in [1.54, 1.807) is 0 Å². The van der Waals surface area contributed by atoms with Crippen molar-refractivity contribution in [2.45, 2.75) is 108 Å². The van der Waals surface area contributed by atoms with E-state index >= 15 is 0 Å². The topological polar surface area (TPSA) is 17.1 Å². The summed E-state index contributed by atoms with van der Waals surface area (Å²) in [6.07, 6.45) is 8.44. The van der Waals surface area contributed by atoms with Gasteiger partial charge in [-0.1, -0.05) is 147 Å². The van der Waals surface area contributed by atoms with Crippen LogP contribution in [-0.4, -0.2) is 5.78 Å². The minimum absolute atomic E-state index is 0.167. The number of ketones is 1. The third-order valence-corrected chi connectivity index (χ3v) is 4.23. The zero-order valence-electron chi connectivity index (χ0n) is 22.4. The third-order valence-electron chi connectivity index (χ3n) is 4.23. The number of carbonyl (C=O) groups excluding carboxylic acids is 1. The number of hydrogen-bond acceptors (Lipinski definition) is 1. The standard InChI is InChI=1S/C13H12.C10H22.C3H6O.2C2H6/c1-11-6-5-9-13(10-11)12-7-3-2-4-8-12;1-4-6-8-10(3)9-7-5-2;1-3(2)4;2*1-2/h2-10H,1H3;10H,4-9H2,1-3H3;1-2H3;2*1-2H3. The van der Waals surface area contributed by atoms with Crippen LogP contribution in [0.25, 0.3) is 11.1 Å². The first-order valence-corrected chi connectivity index (χ1v) is 12.5. The van der Waals surface area contributed by atoms with Crippen molar-refractivity contribution in [2.75, 3.05) is 0 Å². The van der Waals surface area contributed by atoms with Gasteiger partial charge in [0.1, 0.15) is 5.78 Å². The molecule has 0 radical (unpaired) electrons. The molecule has 0 aliphatic heterocycles. The van der Waals surface area contributed by atoms with Gasteiger partial charge >= 0.3 is 0 Å². The average molecular weight is 429 g/mol. The Hall–Kier alpha value is -1.89. The minimum atomic E-state index is 0.167. The van der Waals surface area contributed by atoms with Crippen molar-refractivity contribution in [2.24, 2.45) is 5.92 Å². The molecule has 0 unspecified atom stereocenters. The summed E-state index contributed by atoms with van der Waals surface area (Å²) in [5.41, 5.74) is 3.88. The van der Waals surface area contributed by atoms with Gasteiger partial charge in [0.25, 0.3) is 0 Å². The molecule has 2 aromatic carbocycles. The van der Waals surface area contributed by atoms with Crippen LogP contribution in [0, 0.1) is 12.8 Å². The van der Waals surface area contributed by atoms with Crippen LogP contribution in [-0.2, 0) is 4.79 Å². The van der Waals surface area contributed by atoms with Crippen LogP contribution < -0.4 is 0 Å². The molecule has 178 valence electrons. The summed E-state index contributed by atoms with van der Waals surface area (Å²) < 4.78 is 0. The molecule has 0 atom stereocenters. The highest BCUT2D eigenvalue weighted by atomic mass is 16.1. The molecule has 31 heavy (non-hydrogen) atoms. The summed E-state index contributed by atoms with van der Waals surface area (Å²) in [7, 11) is 0. The minimum Gasteiger partial charge on any atom is -0.300 e. The number of benzene rings is 2. The first-order chi connectivity index (χ1) is 14.9. The summed E-state index contributed by atoms with van der Waals surface area (Å²) in [5, 5.41) is 0. The van der Waals surface area contributed by atoms with Crippen molar-refractivity contribution in [3.8, 4) is 11.1 Å². The molecule has 1 nitrogen and oxygen atoms in total. The van der Waals surface area contributed by atoms with Crippen LogP contribution in [0.1, 0.15) is 106 Å². The Morgan fingerprint density at radius 1 is 0.742 bits per heavy atom. The number of carbonyl (C=O) groups is 1. The van der Waals surface area contributed by atoms with Crippen LogP contribution in [0.15, 0.2) is 54.6 Å². The van der Waals surface area contributed by atoms with E-state index < -0.39 is 0 Å². The van der Waals surface area contributed by atoms with Crippen molar-refractivity contribution in [3.63, 3.8) is 0 Å². The van der Waals surface area contributed by atoms with Gasteiger partial charge < -0.3 is 4.79 Å². The lowest BCUT2D eigenvalue weighted by atomic mass is 9.98. The van der Waals surface area contributed by atoms with E-state index in [1.807, 2.05) is 33.8 Å². The van der Waals surface area contributed by atoms with Gasteiger partial charge in [0.2, 0.25) is 0 Å². The Bertz CT molecular complexity index is 589. The van der Waals surface area contributed by atoms with Crippen molar-refractivity contribution < 1.29 is 4.79 Å². The maximum Gasteiger partial charge on any atom is 0.126 e. The number of hydrogen-bond donors (Lipinski definition) is 0. The zero-order chi connectivity index (χ0) is 24.5. The molecule has 2 rings (SSSR count). The molecule has 0 N–H and O–H groups in total. The van der Waals surface area contributed by atoms with Crippen LogP contribution >= 0.6 is 0 Å². The Morgan fingerprint density at radius 2 is 1.16 bits per heavy atom. The Balaban J connectivity index is -0.000000388. The normalized spacial score (nSPS) is 8.87. The number of unbranched alkanes of at least 4 members (excludes halogenated alkanes) is 2. The maximum atomic E-state index is 9.44. The highest BCUT2D eigenvalue weighted by molar-refractivity contribution is 5.72. The van der Waals surface area contributed by atoms with Gasteiger partial charge in [-0.3, -0.25) is 0 Å². The molecule has 0 fully saturated rings. The first kappa shape index (κ1) is 33.7. The van der Waals surface area contributed by atoms with Gasteiger partial charge in [0.05, 0.1) is 0 Å². The molecule has 0 bridgehead atoms. The van der Waals surface area contributed by atoms with E-state index in [1.165, 1.54) is 69.1 Å². The van der Waals surface area contributed by atoms with E-state index in [2.05, 4.69) is 76.2 Å². The van der Waals surface area contributed by atoms with E-state index in [0.717, 1.165) is 5.92 Å². The molecule has 0 aromatic heterocycles. The van der Waals surface area contributed by atoms with E-state index in [4.69, 9.17) is 0 Å². The molecular weight excluding hydrogens is 376 g/mol. The van der Waals surface area contributed by atoms with Crippen LogP contribution in [0.4, 0.5) is 0 Å². The first-order valence-electron chi connectivity index (χ1n) is 12.5. The molecule has 0 saturated carbocycles. The Morgan fingerprint density at radius 3 is 1.55 bits per heavy atom. The smallest absolute Gasteiger partial charge is 0.126 e. The Labute approximate surface area is 195 Å². The van der Waals surface area contributed by atoms with Gasteiger partial charge in [-0.15, -0.1) is 0 Å². The van der Waals surface area contributed by atoms with Crippen molar-refractivity contribution >= 4 is 5.78 Å². The molecule has 0 spiro atoms. The van der Waals surface area contributed by atoms with Crippen molar-refractivity contribution in [3.05, 3.63) is 60.2 Å². The molecule has 0 heterocycles. The van der Waals surface area contributed by atoms with E-state index in [-0.39, 0.29) is 5.78 Å². The van der Waals surface area contributed by atoms with Gasteiger partial charge in [-0.25, -0.2) is 0 Å². The number of aryl methyl sites for hydroxylation is 1. The maximum absolute atomic E-state index is 9.44. The summed E-state index contributed by atoms with van der Waals surface area (Å²) in [5.74, 6) is 1.14. The fourth-order valence-electron chi connectivity index (χ4n) is 2.70. The van der Waals surface area contributed by atoms with Crippen LogP contribution in [0.2, 0.25) is 0 Å². The predicted octanol–water partition coefficient (Wildman–Crippen LogP) is 10.3. The predicted molar refractivity (Wildman–Crippen MR) is 144 cm³/mol. The fraction of sp³-hybridized carbons (Fsp3) is 0.567. The SMILES string of the molecule is CC.CC.CC(C)=O.CCCCC(C)CCCC.Cc1cccc(-c2ccccc2)c1. The molecular formula is C30H52O. The summed E-state index contributed by atoms with van der Waals surface area (Å²) in [6.45, 7) is 20.1. The largest absolute Gasteiger partial charge is 0.300 e. The molecule has 0 amide bonds. The monoisotopic (exact) mass is 428 g/mol. The average Bonchev–Trinajstić information content (AvgIpc) is 2.79. The number of Topliss-reactive ketones (excluding diaryl/α,β-unsaturated/α-hetero) is 1. The molecule has 2 aromatic rings. The zero-order valence-corrected chi connectivity index (χ0v) is 22.4. The lowest BCUT2D eigenvalue weighted by molar-refractivity contribution is -0.114. The molecule has 0 aliphatic rings. The van der Waals surface area contributed by atoms with E-state index in [0.29, 0.717) is 0 Å². The van der Waals surface area contributed by atoms with Gasteiger partial charge in [-0.05, 0) is 37.8 Å². The summed E-state index contributed by atoms with van der Waals surface area (Å²) in [4.78, 5) is 9.44. The summed E-state index contributed by atoms with van der Waals surface area (Å²) >= 11 is 0. The summed E-state index contributed by atoms with van der Waals surface area (Å²) in [6, 6.07) is 19.0. The molecule has 0 saturated heterocycles. The van der Waals surface area contributed by atoms with Crippen LogP contribution in [0.3, 0.4) is 0 Å². The highest BCUT2D eigenvalue weighted by Crippen LogP contribution is 2.19. The third kappa shape index (κ3) is 24.3. The lowest BCUT2D eigenvalue weighted by Crippen LogP contribution is -1.93. The fourth-order valence-corrected chi connectivity index (χ4v) is 2.70. The van der Waals surface area contributed by atoms with Crippen molar-refractivity contribution in [1.82, 2.24) is 0 Å². The highest BCUT2D eigenvalue weighted by Gasteiger charge is 1.98. The second-order valence-corrected chi connectivity index (χ2v) is 7.53. The second-order valence-electron chi connectivity index (χ2n) is 7.53. The van der Waals surface area contributed by atoms with Gasteiger partial charge in [0.15, 0.2) is 0 Å². The molecule has 1 heteroatoms. The van der Waals surface area contributed by atoms with Crippen LogP contribution in [0.5, 0.6) is 0 Å². The quantitative estimate of drug-likeness (QED) is 0.428. The number of rotatable bonds is 7. The van der Waals surface area contributed by atoms with Gasteiger partial charge in [-0.2, -0.15) is 0 Å². The second kappa shape index (κ2) is 26.1. The van der Waals surface area contributed by atoms with Crippen molar-refractivity contribution in [1.29, 1.82) is 0 Å². The Kier molecular flexibility index (Phi) is 28.5. The van der Waals surface area contributed by atoms with Gasteiger partial charge in [0, 0.05) is 0 Å². The van der Waals surface area contributed by atoms with E-state index in [9.17, 15) is 4.79 Å². The lowest BCUT2D eigenvalue weighted by Gasteiger charge is -2.08.